The zero-order valence-corrected chi connectivity index (χ0v) is 11.5. The molecule has 1 N–H and O–H groups in total. The molecule has 1 aromatic carbocycles. The monoisotopic (exact) mass is 274 g/mol. The van der Waals surface area contributed by atoms with E-state index in [0.717, 1.165) is 43.1 Å². The molecule has 1 unspecified atom stereocenters. The lowest BCUT2D eigenvalue weighted by Gasteiger charge is -2.17. The lowest BCUT2D eigenvalue weighted by atomic mass is 10.1. The van der Waals surface area contributed by atoms with Gasteiger partial charge in [0.25, 0.3) is 11.8 Å². The normalized spacial score (nSPS) is 22.6. The number of ether oxygens (including phenoxy) is 1. The number of hydrogen-bond donors (Lipinski definition) is 1. The van der Waals surface area contributed by atoms with Crippen LogP contribution >= 0.6 is 0 Å². The molecule has 5 heteroatoms. The number of anilines is 1. The number of benzene rings is 1. The number of carbonyl (C=O) groups is 2. The van der Waals surface area contributed by atoms with Gasteiger partial charge in [-0.15, -0.1) is 0 Å². The van der Waals surface area contributed by atoms with Crippen LogP contribution in [0.5, 0.6) is 0 Å². The van der Waals surface area contributed by atoms with E-state index in [4.69, 9.17) is 4.74 Å². The molecule has 1 aromatic rings. The second-order valence-electron chi connectivity index (χ2n) is 5.31. The Hall–Kier alpha value is -1.88. The molecule has 0 bridgehead atoms. The first-order chi connectivity index (χ1) is 9.66. The summed E-state index contributed by atoms with van der Waals surface area (Å²) in [5.41, 5.74) is 1.88. The molecule has 2 amide bonds. The van der Waals surface area contributed by atoms with Crippen LogP contribution in [0.1, 0.15) is 40.0 Å². The van der Waals surface area contributed by atoms with Crippen molar-refractivity contribution in [2.45, 2.75) is 25.3 Å². The maximum absolute atomic E-state index is 12.0. The first-order valence-electron chi connectivity index (χ1n) is 6.97. The molecule has 20 heavy (non-hydrogen) atoms. The highest BCUT2D eigenvalue weighted by atomic mass is 16.5. The van der Waals surface area contributed by atoms with Crippen LogP contribution in [0.15, 0.2) is 18.2 Å². The van der Waals surface area contributed by atoms with Crippen molar-refractivity contribution in [1.29, 1.82) is 0 Å². The maximum Gasteiger partial charge on any atom is 0.261 e. The maximum atomic E-state index is 12.0. The standard InChI is InChI=1S/C15H18N2O3/c1-17-14(18)12-5-4-11(9-13(12)15(17)19)16-10-3-2-7-20-8-6-10/h4-5,9-10,16H,2-3,6-8H2,1H3. The third kappa shape index (κ3) is 2.29. The summed E-state index contributed by atoms with van der Waals surface area (Å²) in [7, 11) is 1.51. The van der Waals surface area contributed by atoms with Gasteiger partial charge in [0.05, 0.1) is 11.1 Å². The van der Waals surface area contributed by atoms with Gasteiger partial charge in [0.2, 0.25) is 0 Å². The lowest BCUT2D eigenvalue weighted by Crippen LogP contribution is -2.24. The van der Waals surface area contributed by atoms with Crippen LogP contribution in [0, 0.1) is 0 Å². The summed E-state index contributed by atoms with van der Waals surface area (Å²) in [5.74, 6) is -0.447. The molecule has 1 saturated heterocycles. The van der Waals surface area contributed by atoms with E-state index >= 15 is 0 Å². The SMILES string of the molecule is CN1C(=O)c2ccc(NC3CCCOCC3)cc2C1=O. The number of fused-ring (bicyclic) bond motifs is 1. The molecule has 2 aliphatic heterocycles. The number of imide groups is 1. The van der Waals surface area contributed by atoms with Crippen molar-refractivity contribution >= 4 is 17.5 Å². The zero-order valence-electron chi connectivity index (χ0n) is 11.5. The molecule has 1 fully saturated rings. The van der Waals surface area contributed by atoms with Crippen LogP contribution in [0.4, 0.5) is 5.69 Å². The van der Waals surface area contributed by atoms with Crippen LogP contribution in [-0.4, -0.2) is 43.0 Å². The fraction of sp³-hybridized carbons (Fsp3) is 0.467. The summed E-state index contributed by atoms with van der Waals surface area (Å²) < 4.78 is 5.44. The van der Waals surface area contributed by atoms with Crippen LogP contribution < -0.4 is 5.32 Å². The molecule has 0 saturated carbocycles. The predicted octanol–water partition coefficient (Wildman–Crippen LogP) is 1.89. The molecule has 3 rings (SSSR count). The van der Waals surface area contributed by atoms with Crippen molar-refractivity contribution in [3.63, 3.8) is 0 Å². The van der Waals surface area contributed by atoms with Crippen molar-refractivity contribution in [3.05, 3.63) is 29.3 Å². The lowest BCUT2D eigenvalue weighted by molar-refractivity contribution is 0.0693. The van der Waals surface area contributed by atoms with E-state index < -0.39 is 0 Å². The van der Waals surface area contributed by atoms with Crippen LogP contribution in [0.3, 0.4) is 0 Å². The van der Waals surface area contributed by atoms with Gasteiger partial charge in [-0.2, -0.15) is 0 Å². The van der Waals surface area contributed by atoms with Gasteiger partial charge in [-0.1, -0.05) is 0 Å². The fourth-order valence-corrected chi connectivity index (χ4v) is 2.73. The summed E-state index contributed by atoms with van der Waals surface area (Å²) in [4.78, 5) is 24.9. The van der Waals surface area contributed by atoms with E-state index in [0.29, 0.717) is 17.2 Å². The second kappa shape index (κ2) is 5.25. The Bertz CT molecular complexity index is 548. The number of rotatable bonds is 2. The topological polar surface area (TPSA) is 58.6 Å². The highest BCUT2D eigenvalue weighted by molar-refractivity contribution is 6.21. The van der Waals surface area contributed by atoms with Crippen LogP contribution in [-0.2, 0) is 4.74 Å². The summed E-state index contributed by atoms with van der Waals surface area (Å²) in [6, 6.07) is 5.74. The summed E-state index contributed by atoms with van der Waals surface area (Å²) in [5, 5.41) is 3.44. The number of nitrogens with zero attached hydrogens (tertiary/aromatic N) is 1. The Morgan fingerprint density at radius 1 is 1.15 bits per heavy atom. The minimum absolute atomic E-state index is 0.223. The first-order valence-corrected chi connectivity index (χ1v) is 6.97. The molecular formula is C15H18N2O3. The highest BCUT2D eigenvalue weighted by Gasteiger charge is 2.32. The van der Waals surface area contributed by atoms with Gasteiger partial charge in [0, 0.05) is 32.0 Å². The average Bonchev–Trinajstić information content (AvgIpc) is 2.68. The van der Waals surface area contributed by atoms with Crippen molar-refractivity contribution in [1.82, 2.24) is 4.90 Å². The first kappa shape index (κ1) is 13.1. The summed E-state index contributed by atoms with van der Waals surface area (Å²) >= 11 is 0. The van der Waals surface area contributed by atoms with E-state index in [2.05, 4.69) is 5.32 Å². The van der Waals surface area contributed by atoms with Crippen molar-refractivity contribution in [3.8, 4) is 0 Å². The molecule has 0 spiro atoms. The Labute approximate surface area is 117 Å². The van der Waals surface area contributed by atoms with Crippen LogP contribution in [0.2, 0.25) is 0 Å². The molecule has 1 atom stereocenters. The number of carbonyl (C=O) groups excluding carboxylic acids is 2. The molecule has 5 nitrogen and oxygen atoms in total. The van der Waals surface area contributed by atoms with Crippen molar-refractivity contribution < 1.29 is 14.3 Å². The van der Waals surface area contributed by atoms with Crippen LogP contribution in [0.25, 0.3) is 0 Å². The molecule has 106 valence electrons. The fourth-order valence-electron chi connectivity index (χ4n) is 2.73. The van der Waals surface area contributed by atoms with E-state index in [1.165, 1.54) is 7.05 Å². The quantitative estimate of drug-likeness (QED) is 0.837. The summed E-state index contributed by atoms with van der Waals surface area (Å²) in [6.45, 7) is 1.59. The Morgan fingerprint density at radius 3 is 2.80 bits per heavy atom. The van der Waals surface area contributed by atoms with Gasteiger partial charge >= 0.3 is 0 Å². The number of amides is 2. The van der Waals surface area contributed by atoms with Crippen molar-refractivity contribution in [2.24, 2.45) is 0 Å². The van der Waals surface area contributed by atoms with Gasteiger partial charge in [0.1, 0.15) is 0 Å². The molecule has 0 radical (unpaired) electrons. The van der Waals surface area contributed by atoms with E-state index in [9.17, 15) is 9.59 Å². The number of hydrogen-bond acceptors (Lipinski definition) is 4. The van der Waals surface area contributed by atoms with Gasteiger partial charge in [-0.3, -0.25) is 14.5 Å². The Kier molecular flexibility index (Phi) is 3.44. The smallest absolute Gasteiger partial charge is 0.261 e. The molecular weight excluding hydrogens is 256 g/mol. The summed E-state index contributed by atoms with van der Waals surface area (Å²) in [6.07, 6.45) is 3.07. The van der Waals surface area contributed by atoms with Gasteiger partial charge in [-0.05, 0) is 37.5 Å². The minimum atomic E-state index is -0.224. The van der Waals surface area contributed by atoms with Gasteiger partial charge < -0.3 is 10.1 Å². The Morgan fingerprint density at radius 2 is 1.95 bits per heavy atom. The second-order valence-corrected chi connectivity index (χ2v) is 5.31. The number of nitrogens with one attached hydrogen (secondary N) is 1. The van der Waals surface area contributed by atoms with Crippen molar-refractivity contribution in [2.75, 3.05) is 25.6 Å². The van der Waals surface area contributed by atoms with E-state index in [1.807, 2.05) is 6.07 Å². The molecule has 2 aliphatic rings. The minimum Gasteiger partial charge on any atom is -0.382 e. The third-order valence-corrected chi connectivity index (χ3v) is 3.91. The highest BCUT2D eigenvalue weighted by Crippen LogP contribution is 2.26. The molecule has 2 heterocycles. The Balaban J connectivity index is 1.79. The van der Waals surface area contributed by atoms with E-state index in [1.54, 1.807) is 12.1 Å². The predicted molar refractivity (Wildman–Crippen MR) is 74.9 cm³/mol. The molecule has 0 aromatic heterocycles. The van der Waals surface area contributed by atoms with E-state index in [-0.39, 0.29) is 11.8 Å². The largest absolute Gasteiger partial charge is 0.382 e. The van der Waals surface area contributed by atoms with Gasteiger partial charge in [0.15, 0.2) is 0 Å². The third-order valence-electron chi connectivity index (χ3n) is 3.91. The average molecular weight is 274 g/mol. The molecule has 0 aliphatic carbocycles. The van der Waals surface area contributed by atoms with Gasteiger partial charge in [-0.25, -0.2) is 0 Å². The zero-order chi connectivity index (χ0) is 14.1.